The Morgan fingerprint density at radius 1 is 1.22 bits per heavy atom. The molecule has 0 aliphatic heterocycles. The van der Waals surface area contributed by atoms with Crippen molar-refractivity contribution >= 4 is 17.1 Å². The fraction of sp³-hybridized carbons (Fsp3) is 0.353. The van der Waals surface area contributed by atoms with Crippen LogP contribution in [-0.4, -0.2) is 51.3 Å². The second-order valence-corrected chi connectivity index (χ2v) is 5.60. The lowest BCUT2D eigenvalue weighted by Crippen LogP contribution is -2.29. The highest BCUT2D eigenvalue weighted by Gasteiger charge is 2.21. The van der Waals surface area contributed by atoms with Crippen LogP contribution in [0, 0.1) is 0 Å². The number of aromatic nitrogens is 5. The Hall–Kier alpha value is -3.43. The fourth-order valence-electron chi connectivity index (χ4n) is 2.61. The van der Waals surface area contributed by atoms with Gasteiger partial charge in [0.15, 0.2) is 22.7 Å². The summed E-state index contributed by atoms with van der Waals surface area (Å²) in [6.07, 6.45) is 1.28. The van der Waals surface area contributed by atoms with E-state index in [9.17, 15) is 9.59 Å². The molecule has 2 heterocycles. The van der Waals surface area contributed by atoms with Gasteiger partial charge in [-0.25, -0.2) is 9.78 Å². The number of hydrogen-bond donors (Lipinski definition) is 0. The molecule has 0 aliphatic carbocycles. The quantitative estimate of drug-likeness (QED) is 0.591. The normalized spacial score (nSPS) is 12.0. The van der Waals surface area contributed by atoms with Gasteiger partial charge in [-0.15, -0.1) is 5.10 Å². The van der Waals surface area contributed by atoms with Gasteiger partial charge in [0, 0.05) is 6.07 Å². The molecule has 1 atom stereocenters. The third-order valence-corrected chi connectivity index (χ3v) is 4.04. The van der Waals surface area contributed by atoms with Crippen LogP contribution < -0.4 is 15.0 Å². The second-order valence-electron chi connectivity index (χ2n) is 5.60. The molecule has 0 bridgehead atoms. The first-order valence-electron chi connectivity index (χ1n) is 8.23. The molecule has 1 aromatic carbocycles. The Morgan fingerprint density at radius 2 is 1.96 bits per heavy atom. The Labute approximate surface area is 154 Å². The average molecular weight is 373 g/mol. The molecule has 0 amide bonds. The zero-order valence-corrected chi connectivity index (χ0v) is 15.4. The maximum absolute atomic E-state index is 12.7. The Balaban J connectivity index is 2.07. The number of rotatable bonds is 6. The zero-order chi connectivity index (χ0) is 19.6. The van der Waals surface area contributed by atoms with E-state index < -0.39 is 17.6 Å². The summed E-state index contributed by atoms with van der Waals surface area (Å²) in [7, 11) is 3.06. The van der Waals surface area contributed by atoms with Gasteiger partial charge in [-0.1, -0.05) is 5.21 Å². The van der Waals surface area contributed by atoms with Crippen molar-refractivity contribution in [2.45, 2.75) is 19.9 Å². The van der Waals surface area contributed by atoms with E-state index in [0.29, 0.717) is 17.2 Å². The van der Waals surface area contributed by atoms with Gasteiger partial charge in [0.05, 0.1) is 26.5 Å². The van der Waals surface area contributed by atoms with Crippen LogP contribution in [0.5, 0.6) is 11.5 Å². The molecular weight excluding hydrogens is 354 g/mol. The molecule has 142 valence electrons. The van der Waals surface area contributed by atoms with Gasteiger partial charge in [-0.05, 0) is 26.0 Å². The lowest BCUT2D eigenvalue weighted by atomic mass is 10.2. The van der Waals surface area contributed by atoms with Crippen molar-refractivity contribution in [3.63, 3.8) is 0 Å². The summed E-state index contributed by atoms with van der Waals surface area (Å²) in [5, 5.41) is 7.95. The molecule has 27 heavy (non-hydrogen) atoms. The molecule has 3 aromatic rings. The largest absolute Gasteiger partial charge is 0.493 e. The molecule has 3 rings (SSSR count). The minimum Gasteiger partial charge on any atom is -0.493 e. The minimum atomic E-state index is -0.819. The molecular formula is C17H19N5O5. The molecule has 2 aromatic heterocycles. The second kappa shape index (κ2) is 7.44. The van der Waals surface area contributed by atoms with Crippen LogP contribution in [-0.2, 0) is 9.53 Å². The molecule has 0 saturated carbocycles. The maximum atomic E-state index is 12.7. The topological polar surface area (TPSA) is 110 Å². The van der Waals surface area contributed by atoms with Gasteiger partial charge in [-0.3, -0.25) is 9.36 Å². The first-order valence-corrected chi connectivity index (χ1v) is 8.23. The van der Waals surface area contributed by atoms with E-state index in [1.54, 1.807) is 32.0 Å². The van der Waals surface area contributed by atoms with E-state index in [1.165, 1.54) is 29.8 Å². The summed E-state index contributed by atoms with van der Waals surface area (Å²) >= 11 is 0. The zero-order valence-electron chi connectivity index (χ0n) is 15.4. The Bertz CT molecular complexity index is 1040. The van der Waals surface area contributed by atoms with Crippen LogP contribution in [0.2, 0.25) is 0 Å². The van der Waals surface area contributed by atoms with Gasteiger partial charge >= 0.3 is 5.97 Å². The van der Waals surface area contributed by atoms with E-state index >= 15 is 0 Å². The van der Waals surface area contributed by atoms with Crippen molar-refractivity contribution in [2.24, 2.45) is 0 Å². The number of fused-ring (bicyclic) bond motifs is 1. The highest BCUT2D eigenvalue weighted by atomic mass is 16.5. The summed E-state index contributed by atoms with van der Waals surface area (Å²) < 4.78 is 18.0. The summed E-state index contributed by atoms with van der Waals surface area (Å²) in [5.41, 5.74) is 0.425. The number of carbonyl (C=O) groups is 1. The third-order valence-electron chi connectivity index (χ3n) is 4.04. The van der Waals surface area contributed by atoms with Crippen LogP contribution in [0.1, 0.15) is 19.9 Å². The third kappa shape index (κ3) is 3.21. The van der Waals surface area contributed by atoms with E-state index in [2.05, 4.69) is 15.3 Å². The van der Waals surface area contributed by atoms with E-state index in [-0.39, 0.29) is 17.8 Å². The Morgan fingerprint density at radius 3 is 2.63 bits per heavy atom. The fourth-order valence-corrected chi connectivity index (χ4v) is 2.61. The molecule has 0 unspecified atom stereocenters. The molecule has 0 fully saturated rings. The highest BCUT2D eigenvalue weighted by Crippen LogP contribution is 2.29. The molecule has 0 aliphatic rings. The van der Waals surface area contributed by atoms with Gasteiger partial charge in [0.25, 0.3) is 5.56 Å². The van der Waals surface area contributed by atoms with Gasteiger partial charge in [-0.2, -0.15) is 4.68 Å². The molecule has 0 saturated heterocycles. The van der Waals surface area contributed by atoms with Gasteiger partial charge < -0.3 is 14.2 Å². The molecule has 10 heteroatoms. The molecule has 10 nitrogen and oxygen atoms in total. The summed E-state index contributed by atoms with van der Waals surface area (Å²) in [4.78, 5) is 28.9. The lowest BCUT2D eigenvalue weighted by Gasteiger charge is -2.13. The minimum absolute atomic E-state index is 0.0448. The number of hydrogen-bond acceptors (Lipinski definition) is 8. The predicted molar refractivity (Wildman–Crippen MR) is 95.4 cm³/mol. The number of esters is 1. The van der Waals surface area contributed by atoms with Crippen LogP contribution in [0.25, 0.3) is 16.9 Å². The van der Waals surface area contributed by atoms with Crippen molar-refractivity contribution in [2.75, 3.05) is 20.8 Å². The van der Waals surface area contributed by atoms with E-state index in [4.69, 9.17) is 14.2 Å². The van der Waals surface area contributed by atoms with E-state index in [0.717, 1.165) is 0 Å². The standard InChI is InChI=1S/C17H19N5O5/c1-5-27-17(24)10(2)21-9-18-15-14(16(21)23)19-20-22(15)11-6-7-12(25-3)13(8-11)26-4/h6-10H,5H2,1-4H3/t10-/m0/s1. The van der Waals surface area contributed by atoms with Crippen molar-refractivity contribution in [1.29, 1.82) is 0 Å². The monoisotopic (exact) mass is 373 g/mol. The number of ether oxygens (including phenoxy) is 3. The summed E-state index contributed by atoms with van der Waals surface area (Å²) in [5.74, 6) is 0.542. The van der Waals surface area contributed by atoms with Gasteiger partial charge in [0.1, 0.15) is 12.4 Å². The number of carbonyl (C=O) groups excluding carboxylic acids is 1. The molecule has 0 radical (unpaired) electrons. The summed E-state index contributed by atoms with van der Waals surface area (Å²) in [6.45, 7) is 3.48. The van der Waals surface area contributed by atoms with Crippen LogP contribution in [0.15, 0.2) is 29.3 Å². The van der Waals surface area contributed by atoms with Crippen LogP contribution in [0.3, 0.4) is 0 Å². The van der Waals surface area contributed by atoms with Crippen molar-refractivity contribution in [3.05, 3.63) is 34.9 Å². The highest BCUT2D eigenvalue weighted by molar-refractivity contribution is 5.75. The first kappa shape index (κ1) is 18.4. The van der Waals surface area contributed by atoms with Crippen LogP contribution >= 0.6 is 0 Å². The predicted octanol–water partition coefficient (Wildman–Crippen LogP) is 1.12. The van der Waals surface area contributed by atoms with Crippen molar-refractivity contribution in [3.8, 4) is 17.2 Å². The summed E-state index contributed by atoms with van der Waals surface area (Å²) in [6, 6.07) is 4.33. The number of benzene rings is 1. The number of nitrogens with zero attached hydrogens (tertiary/aromatic N) is 5. The van der Waals surface area contributed by atoms with E-state index in [1.807, 2.05) is 0 Å². The Kier molecular flexibility index (Phi) is 5.06. The van der Waals surface area contributed by atoms with Crippen LogP contribution in [0.4, 0.5) is 0 Å². The lowest BCUT2D eigenvalue weighted by molar-refractivity contribution is -0.146. The smallest absolute Gasteiger partial charge is 0.328 e. The molecule has 0 N–H and O–H groups in total. The molecule has 0 spiro atoms. The number of methoxy groups -OCH3 is 2. The maximum Gasteiger partial charge on any atom is 0.328 e. The van der Waals surface area contributed by atoms with Gasteiger partial charge in [0.2, 0.25) is 0 Å². The first-order chi connectivity index (χ1) is 13.0. The van der Waals surface area contributed by atoms with Crippen molar-refractivity contribution in [1.82, 2.24) is 24.5 Å². The average Bonchev–Trinajstić information content (AvgIpc) is 3.12. The SMILES string of the molecule is CCOC(=O)[C@H](C)n1cnc2c(nnn2-c2ccc(OC)c(OC)c2)c1=O. The van der Waals surface area contributed by atoms with Crippen molar-refractivity contribution < 1.29 is 19.0 Å².